The predicted molar refractivity (Wildman–Crippen MR) is 46.8 cm³/mol. The molecule has 0 aliphatic rings. The molecule has 0 aliphatic carbocycles. The number of benzene rings is 1. The molecular weight excluding hydrogens is 416 g/mol. The van der Waals surface area contributed by atoms with Crippen LogP contribution in [0.15, 0.2) is 24.3 Å². The van der Waals surface area contributed by atoms with Crippen molar-refractivity contribution in [3.8, 4) is 0 Å². The number of para-hydroxylation sites is 1. The van der Waals surface area contributed by atoms with E-state index in [1.54, 1.807) is 24.3 Å². The molecule has 0 atom stereocenters. The van der Waals surface area contributed by atoms with Gasteiger partial charge in [-0.2, -0.15) is 0 Å². The second-order valence-corrected chi connectivity index (χ2v) is 4.82. The van der Waals surface area contributed by atoms with Crippen LogP contribution >= 0.6 is 11.6 Å². The Kier molecular flexibility index (Phi) is 4.51. The standard InChI is InChI=1S/C8H6ClNO.O.U/c1-6(11)10-8-5-3-2-4-7(8)9;;/h1-5H,(H,10,11);;/q;;+2. The first-order valence-corrected chi connectivity index (χ1v) is 7.98. The fraction of sp³-hybridized carbons (Fsp3) is 0. The third-order valence-electron chi connectivity index (χ3n) is 1.32. The number of hydrogen-bond donors (Lipinski definition) is 1. The number of hydrogen-bond acceptors (Lipinski definition) is 2. The van der Waals surface area contributed by atoms with Crippen LogP contribution in [-0.2, 0) is 7.03 Å². The first-order valence-electron chi connectivity index (χ1n) is 3.50. The normalized spacial score (nSPS) is 8.69. The maximum absolute atomic E-state index is 11.0. The molecule has 5 heteroatoms. The quantitative estimate of drug-likeness (QED) is 0.787. The van der Waals surface area contributed by atoms with E-state index in [4.69, 9.17) is 11.6 Å². The van der Waals surface area contributed by atoms with Crippen molar-refractivity contribution in [2.24, 2.45) is 0 Å². The van der Waals surface area contributed by atoms with Gasteiger partial charge < -0.3 is 0 Å². The number of halogens is 1. The van der Waals surface area contributed by atoms with Gasteiger partial charge in [-0.3, -0.25) is 0 Å². The van der Waals surface area contributed by atoms with Gasteiger partial charge in [0.2, 0.25) is 0 Å². The second-order valence-electron chi connectivity index (χ2n) is 2.23. The van der Waals surface area contributed by atoms with Gasteiger partial charge in [0.05, 0.1) is 0 Å². The number of amides is 1. The summed E-state index contributed by atoms with van der Waals surface area (Å²) in [6, 6.07) is 6.91. The minimum absolute atomic E-state index is 0.335. The van der Waals surface area contributed by atoms with Gasteiger partial charge in [0.15, 0.2) is 0 Å². The van der Waals surface area contributed by atoms with Crippen molar-refractivity contribution in [1.29, 1.82) is 0 Å². The molecule has 0 spiro atoms. The average Bonchev–Trinajstić information content (AvgIpc) is 2.09. The van der Waals surface area contributed by atoms with Crippen LogP contribution in [0.1, 0.15) is 0 Å². The summed E-state index contributed by atoms with van der Waals surface area (Å²) >= 11 is 3.65. The van der Waals surface area contributed by atoms with Gasteiger partial charge in [0.1, 0.15) is 0 Å². The van der Waals surface area contributed by atoms with Crippen molar-refractivity contribution in [2.75, 3.05) is 5.32 Å². The Balaban J connectivity index is 2.80. The molecule has 0 aliphatic heterocycles. The molecule has 1 amide bonds. The second kappa shape index (κ2) is 5.44. The van der Waals surface area contributed by atoms with E-state index in [1.165, 1.54) is 3.03 Å². The molecule has 0 radical (unpaired) electrons. The number of rotatable bonds is 2. The summed E-state index contributed by atoms with van der Waals surface area (Å²) in [7, 11) is 0. The van der Waals surface area contributed by atoms with Gasteiger partial charge in [-0.05, 0) is 0 Å². The molecule has 0 heterocycles. The summed E-state index contributed by atoms with van der Waals surface area (Å²) < 4.78 is 11.5. The molecule has 3 nitrogen and oxygen atoms in total. The molecule has 1 aromatic carbocycles. The number of carbonyl (C=O) groups is 1. The van der Waals surface area contributed by atoms with Gasteiger partial charge in [-0.1, -0.05) is 0 Å². The van der Waals surface area contributed by atoms with E-state index in [0.29, 0.717) is 10.7 Å². The predicted octanol–water partition coefficient (Wildman–Crippen LogP) is 1.51. The Bertz CT molecular complexity index is 374. The maximum atomic E-state index is 11.0. The molecule has 1 rings (SSSR count). The van der Waals surface area contributed by atoms with E-state index < -0.39 is 27.3 Å². The van der Waals surface area contributed by atoms with Gasteiger partial charge in [-0.15, -0.1) is 0 Å². The van der Waals surface area contributed by atoms with Crippen molar-refractivity contribution in [3.63, 3.8) is 0 Å². The molecule has 64 valence electrons. The molecule has 1 aromatic rings. The summed E-state index contributed by atoms with van der Waals surface area (Å²) in [4.78, 5) is 11.0. The zero-order chi connectivity index (χ0) is 9.68. The van der Waals surface area contributed by atoms with Crippen molar-refractivity contribution in [2.45, 2.75) is 0 Å². The molecule has 0 bridgehead atoms. The van der Waals surface area contributed by atoms with Gasteiger partial charge in [0.25, 0.3) is 0 Å². The Morgan fingerprint density at radius 2 is 2.15 bits per heavy atom. The van der Waals surface area contributed by atoms with Crippen LogP contribution in [-0.4, -0.2) is 8.93 Å². The summed E-state index contributed by atoms with van der Waals surface area (Å²) in [5.41, 5.74) is 0.546. The van der Waals surface area contributed by atoms with E-state index in [1.807, 2.05) is 0 Å². The summed E-state index contributed by atoms with van der Waals surface area (Å²) in [6.07, 6.45) is 0. The Hall–Kier alpha value is -0.298. The van der Waals surface area contributed by atoms with E-state index >= 15 is 0 Å². The molecule has 13 heavy (non-hydrogen) atoms. The van der Waals surface area contributed by atoms with E-state index in [2.05, 4.69) is 5.32 Å². The number of nitrogens with one attached hydrogen (secondary N) is 1. The van der Waals surface area contributed by atoms with Gasteiger partial charge in [-0.25, -0.2) is 0 Å². The van der Waals surface area contributed by atoms with Crippen molar-refractivity contribution in [3.05, 3.63) is 29.3 Å². The zero-order valence-electron chi connectivity index (χ0n) is 6.58. The van der Waals surface area contributed by atoms with Crippen LogP contribution in [0.5, 0.6) is 0 Å². The summed E-state index contributed by atoms with van der Waals surface area (Å²) in [6.45, 7) is 0. The molecule has 0 aromatic heterocycles. The molecule has 0 fully saturated rings. The number of anilines is 1. The van der Waals surface area contributed by atoms with Crippen molar-refractivity contribution in [1.82, 2.24) is 0 Å². The van der Waals surface area contributed by atoms with Gasteiger partial charge in [0, 0.05) is 0 Å². The molecular formula is C8H6ClNO2U+2. The average molecular weight is 422 g/mol. The SMILES string of the molecule is [O]=[U+2]=[CH]C(=O)Nc1ccccc1Cl. The third-order valence-corrected chi connectivity index (χ3v) is 3.23. The summed E-state index contributed by atoms with van der Waals surface area (Å²) in [5, 5.41) is 3.01. The van der Waals surface area contributed by atoms with E-state index in [0.717, 1.165) is 0 Å². The Morgan fingerprint density at radius 3 is 2.77 bits per heavy atom. The third kappa shape index (κ3) is 3.52. The Morgan fingerprint density at radius 1 is 1.46 bits per heavy atom. The first kappa shape index (κ1) is 10.8. The molecule has 0 saturated carbocycles. The van der Waals surface area contributed by atoms with Crippen LogP contribution < -0.4 is 5.32 Å². The first-order chi connectivity index (χ1) is 6.24. The van der Waals surface area contributed by atoms with Crippen molar-refractivity contribution >= 4 is 26.2 Å². The van der Waals surface area contributed by atoms with Crippen molar-refractivity contribution < 1.29 is 34.3 Å². The fourth-order valence-corrected chi connectivity index (χ4v) is 1.71. The molecule has 0 unspecified atom stereocenters. The fourth-order valence-electron chi connectivity index (χ4n) is 0.785. The Labute approximate surface area is 94.6 Å². The van der Waals surface area contributed by atoms with Crippen LogP contribution in [0, 0.1) is 27.3 Å². The monoisotopic (exact) mass is 421 g/mol. The molecule has 0 saturated heterocycles. The van der Waals surface area contributed by atoms with E-state index in [-0.39, 0.29) is 5.91 Å². The molecule has 1 N–H and O–H groups in total. The van der Waals surface area contributed by atoms with Crippen LogP contribution in [0.2, 0.25) is 5.02 Å². The summed E-state index contributed by atoms with van der Waals surface area (Å²) in [5.74, 6) is -0.335. The van der Waals surface area contributed by atoms with Crippen LogP contribution in [0.3, 0.4) is 0 Å². The van der Waals surface area contributed by atoms with E-state index in [9.17, 15) is 7.03 Å². The number of carbonyl (C=O) groups excluding carboxylic acids is 1. The zero-order valence-corrected chi connectivity index (χ0v) is 11.5. The van der Waals surface area contributed by atoms with Gasteiger partial charge >= 0.3 is 95.1 Å². The van der Waals surface area contributed by atoms with Crippen LogP contribution in [0.4, 0.5) is 5.69 Å². The van der Waals surface area contributed by atoms with Crippen LogP contribution in [0.25, 0.3) is 0 Å². The minimum atomic E-state index is -2.13. The topological polar surface area (TPSA) is 46.2 Å².